The van der Waals surface area contributed by atoms with Crippen molar-refractivity contribution in [2.75, 3.05) is 39.0 Å². The van der Waals surface area contributed by atoms with Gasteiger partial charge in [-0.05, 0) is 7.05 Å². The van der Waals surface area contributed by atoms with Crippen molar-refractivity contribution in [3.8, 4) is 10.6 Å². The Kier molecular flexibility index (Phi) is 3.79. The van der Waals surface area contributed by atoms with Crippen LogP contribution in [0.15, 0.2) is 11.6 Å². The minimum absolute atomic E-state index is 0.615. The van der Waals surface area contributed by atoms with Crippen molar-refractivity contribution < 1.29 is 0 Å². The van der Waals surface area contributed by atoms with Gasteiger partial charge < -0.3 is 10.6 Å². The standard InChI is InChI=1S/C12H17N5S2/c1-16-2-4-17(5-3-16)7-11-14-6-10(19-11)9-8-18-12(13)15-9/h6,8H,2-5,7H2,1H3,(H2,13,15). The topological polar surface area (TPSA) is 58.3 Å². The lowest BCUT2D eigenvalue weighted by Gasteiger charge is -2.31. The van der Waals surface area contributed by atoms with Crippen LogP contribution in [0, 0.1) is 0 Å². The molecule has 1 aliphatic heterocycles. The summed E-state index contributed by atoms with van der Waals surface area (Å²) < 4.78 is 0. The molecule has 2 aromatic heterocycles. The van der Waals surface area contributed by atoms with Crippen molar-refractivity contribution in [1.29, 1.82) is 0 Å². The van der Waals surface area contributed by atoms with Gasteiger partial charge in [-0.15, -0.1) is 22.7 Å². The van der Waals surface area contributed by atoms with Gasteiger partial charge in [0.05, 0.1) is 17.1 Å². The molecule has 0 aliphatic carbocycles. The first-order chi connectivity index (χ1) is 9.20. The molecule has 0 amide bonds. The Balaban J connectivity index is 1.65. The molecule has 3 heterocycles. The number of piperazine rings is 1. The van der Waals surface area contributed by atoms with E-state index in [1.807, 2.05) is 11.6 Å². The maximum Gasteiger partial charge on any atom is 0.180 e. The summed E-state index contributed by atoms with van der Waals surface area (Å²) in [6.07, 6.45) is 1.91. The maximum atomic E-state index is 5.66. The van der Waals surface area contributed by atoms with E-state index in [9.17, 15) is 0 Å². The minimum atomic E-state index is 0.615. The zero-order valence-corrected chi connectivity index (χ0v) is 12.5. The molecule has 0 spiro atoms. The van der Waals surface area contributed by atoms with Crippen molar-refractivity contribution in [2.45, 2.75) is 6.54 Å². The van der Waals surface area contributed by atoms with Crippen molar-refractivity contribution >= 4 is 27.8 Å². The number of anilines is 1. The number of hydrogen-bond donors (Lipinski definition) is 1. The average Bonchev–Trinajstić information content (AvgIpc) is 3.01. The molecule has 1 aliphatic rings. The van der Waals surface area contributed by atoms with Gasteiger partial charge in [-0.1, -0.05) is 0 Å². The van der Waals surface area contributed by atoms with Crippen molar-refractivity contribution in [2.24, 2.45) is 0 Å². The molecule has 0 aromatic carbocycles. The first-order valence-electron chi connectivity index (χ1n) is 6.28. The number of nitrogen functional groups attached to an aromatic ring is 1. The summed E-state index contributed by atoms with van der Waals surface area (Å²) in [5.41, 5.74) is 6.61. The zero-order chi connectivity index (χ0) is 13.2. The molecule has 1 saturated heterocycles. The lowest BCUT2D eigenvalue weighted by atomic mass is 10.3. The average molecular weight is 295 g/mol. The Morgan fingerprint density at radius 2 is 2.11 bits per heavy atom. The molecule has 5 nitrogen and oxygen atoms in total. The summed E-state index contributed by atoms with van der Waals surface area (Å²) in [6.45, 7) is 5.46. The number of aromatic nitrogens is 2. The van der Waals surface area contributed by atoms with E-state index in [1.165, 1.54) is 11.3 Å². The fraction of sp³-hybridized carbons (Fsp3) is 0.500. The zero-order valence-electron chi connectivity index (χ0n) is 10.9. The number of thiazole rings is 2. The lowest BCUT2D eigenvalue weighted by Crippen LogP contribution is -2.43. The summed E-state index contributed by atoms with van der Waals surface area (Å²) in [5, 5.41) is 3.76. The Bertz CT molecular complexity index is 542. The summed E-state index contributed by atoms with van der Waals surface area (Å²) in [5.74, 6) is 0. The normalized spacial score (nSPS) is 17.9. The van der Waals surface area contributed by atoms with Gasteiger partial charge in [-0.3, -0.25) is 4.90 Å². The quantitative estimate of drug-likeness (QED) is 0.932. The summed E-state index contributed by atoms with van der Waals surface area (Å²) >= 11 is 3.19. The van der Waals surface area contributed by atoms with Gasteiger partial charge in [-0.25, -0.2) is 9.97 Å². The number of nitrogens with zero attached hydrogens (tertiary/aromatic N) is 4. The first kappa shape index (κ1) is 13.0. The van der Waals surface area contributed by atoms with E-state index < -0.39 is 0 Å². The largest absolute Gasteiger partial charge is 0.375 e. The van der Waals surface area contributed by atoms with Crippen LogP contribution in [-0.4, -0.2) is 53.0 Å². The van der Waals surface area contributed by atoms with Crippen LogP contribution >= 0.6 is 22.7 Å². The van der Waals surface area contributed by atoms with Crippen molar-refractivity contribution in [3.05, 3.63) is 16.6 Å². The van der Waals surface area contributed by atoms with Crippen molar-refractivity contribution in [3.63, 3.8) is 0 Å². The van der Waals surface area contributed by atoms with Crippen LogP contribution in [-0.2, 0) is 6.54 Å². The molecule has 2 aromatic rings. The van der Waals surface area contributed by atoms with Gasteiger partial charge in [0.15, 0.2) is 5.13 Å². The minimum Gasteiger partial charge on any atom is -0.375 e. The van der Waals surface area contributed by atoms with Crippen molar-refractivity contribution in [1.82, 2.24) is 19.8 Å². The van der Waals surface area contributed by atoms with Gasteiger partial charge in [-0.2, -0.15) is 0 Å². The summed E-state index contributed by atoms with van der Waals surface area (Å²) in [4.78, 5) is 14.7. The smallest absolute Gasteiger partial charge is 0.180 e. The first-order valence-corrected chi connectivity index (χ1v) is 7.97. The molecule has 0 radical (unpaired) electrons. The van der Waals surface area contributed by atoms with Gasteiger partial charge in [0.25, 0.3) is 0 Å². The van der Waals surface area contributed by atoms with Crippen LogP contribution in [0.3, 0.4) is 0 Å². The fourth-order valence-corrected chi connectivity index (χ4v) is 3.66. The Morgan fingerprint density at radius 3 is 2.79 bits per heavy atom. The second-order valence-corrected chi connectivity index (χ2v) is 6.77. The second kappa shape index (κ2) is 5.54. The molecule has 19 heavy (non-hydrogen) atoms. The van der Waals surface area contributed by atoms with Gasteiger partial charge in [0.1, 0.15) is 5.01 Å². The highest BCUT2D eigenvalue weighted by Crippen LogP contribution is 2.28. The van der Waals surface area contributed by atoms with Gasteiger partial charge in [0, 0.05) is 37.8 Å². The Morgan fingerprint density at radius 1 is 1.32 bits per heavy atom. The van der Waals surface area contributed by atoms with E-state index in [1.54, 1.807) is 11.3 Å². The van der Waals surface area contributed by atoms with E-state index in [2.05, 4.69) is 26.8 Å². The highest BCUT2D eigenvalue weighted by molar-refractivity contribution is 7.16. The van der Waals surface area contributed by atoms with E-state index in [0.29, 0.717) is 5.13 Å². The van der Waals surface area contributed by atoms with E-state index in [-0.39, 0.29) is 0 Å². The Hall–Kier alpha value is -1.02. The third-order valence-corrected chi connectivity index (χ3v) is 4.96. The number of nitrogens with two attached hydrogens (primary N) is 1. The highest BCUT2D eigenvalue weighted by atomic mass is 32.1. The van der Waals surface area contributed by atoms with Crippen LogP contribution in [0.2, 0.25) is 0 Å². The monoisotopic (exact) mass is 295 g/mol. The van der Waals surface area contributed by atoms with Gasteiger partial charge >= 0.3 is 0 Å². The third kappa shape index (κ3) is 3.11. The molecule has 0 saturated carbocycles. The third-order valence-electron chi connectivity index (χ3n) is 3.28. The lowest BCUT2D eigenvalue weighted by molar-refractivity contribution is 0.148. The van der Waals surface area contributed by atoms with E-state index in [4.69, 9.17) is 5.73 Å². The SMILES string of the molecule is CN1CCN(Cc2ncc(-c3csc(N)n3)s2)CC1. The maximum absolute atomic E-state index is 5.66. The molecule has 0 unspecified atom stereocenters. The molecule has 7 heteroatoms. The highest BCUT2D eigenvalue weighted by Gasteiger charge is 2.16. The summed E-state index contributed by atoms with van der Waals surface area (Å²) in [7, 11) is 2.17. The molecule has 0 bridgehead atoms. The molecule has 2 N–H and O–H groups in total. The van der Waals surface area contributed by atoms with Crippen LogP contribution in [0.5, 0.6) is 0 Å². The predicted octanol–water partition coefficient (Wildman–Crippen LogP) is 1.60. The molecule has 102 valence electrons. The number of rotatable bonds is 3. The molecular formula is C12H17N5S2. The molecule has 0 atom stereocenters. The van der Waals surface area contributed by atoms with Gasteiger partial charge in [0.2, 0.25) is 0 Å². The predicted molar refractivity (Wildman–Crippen MR) is 80.4 cm³/mol. The fourth-order valence-electron chi connectivity index (χ4n) is 2.10. The van der Waals surface area contributed by atoms with Crippen LogP contribution in [0.25, 0.3) is 10.6 Å². The van der Waals surface area contributed by atoms with Crippen LogP contribution in [0.1, 0.15) is 5.01 Å². The number of likely N-dealkylation sites (N-methyl/N-ethyl adjacent to an activating group) is 1. The van der Waals surface area contributed by atoms with E-state index in [0.717, 1.165) is 48.3 Å². The molecule has 3 rings (SSSR count). The summed E-state index contributed by atoms with van der Waals surface area (Å²) in [6, 6.07) is 0. The van der Waals surface area contributed by atoms with E-state index >= 15 is 0 Å². The van der Waals surface area contributed by atoms with Crippen LogP contribution in [0.4, 0.5) is 5.13 Å². The molecule has 1 fully saturated rings. The van der Waals surface area contributed by atoms with Crippen LogP contribution < -0.4 is 5.73 Å². The second-order valence-electron chi connectivity index (χ2n) is 4.77. The number of hydrogen-bond acceptors (Lipinski definition) is 7. The Labute approximate surface area is 120 Å². The molecular weight excluding hydrogens is 278 g/mol.